The molecule has 0 aromatic heterocycles. The molecule has 0 aliphatic carbocycles. The molecule has 0 saturated carbocycles. The van der Waals surface area contributed by atoms with Crippen molar-refractivity contribution in [2.45, 2.75) is 0 Å². The van der Waals surface area contributed by atoms with Crippen molar-refractivity contribution in [1.82, 2.24) is 0 Å². The van der Waals surface area contributed by atoms with Gasteiger partial charge >= 0.3 is 45.6 Å². The Bertz CT molecular complexity index is 8.00. The Morgan fingerprint density at radius 2 is 1.00 bits per heavy atom. The summed E-state index contributed by atoms with van der Waals surface area (Å²) in [7, 11) is 0. The summed E-state index contributed by atoms with van der Waals surface area (Å²) in [6, 6.07) is 0. The first kappa shape index (κ1) is 28.0. The Balaban J connectivity index is 0. The van der Waals surface area contributed by atoms with E-state index in [0.717, 1.165) is 0 Å². The molecule has 0 aromatic carbocycles. The van der Waals surface area contributed by atoms with Gasteiger partial charge in [-0.05, 0) is 0 Å². The third kappa shape index (κ3) is 8.89. The second kappa shape index (κ2) is 16.7. The summed E-state index contributed by atoms with van der Waals surface area (Å²) in [5, 5.41) is 0. The van der Waals surface area contributed by atoms with Gasteiger partial charge in [-0.25, -0.2) is 0 Å². The Labute approximate surface area is 89.2 Å². The van der Waals surface area contributed by atoms with Crippen LogP contribution in [-0.4, -0.2) is 45.6 Å². The molecule has 4 heavy (non-hydrogen) atoms. The molecule has 0 bridgehead atoms. The molecule has 0 nitrogen and oxygen atoms in total. The minimum atomic E-state index is 0. The predicted molar refractivity (Wildman–Crippen MR) is 19.9 cm³/mol. The minimum Gasteiger partial charge on any atom is 0 e. The fourth-order valence-corrected chi connectivity index (χ4v) is 0. The molecular weight excluding hydrogens is 428 g/mol. The molecule has 0 heterocycles. The molecule has 4 heteroatoms. The smallest absolute Gasteiger partial charge is 0 e. The van der Waals surface area contributed by atoms with E-state index in [4.69, 9.17) is 0 Å². The Hall–Kier alpha value is 3.00. The van der Waals surface area contributed by atoms with Crippen molar-refractivity contribution in [2.75, 3.05) is 0 Å². The van der Waals surface area contributed by atoms with Crippen LogP contribution in [0.5, 0.6) is 0 Å². The van der Waals surface area contributed by atoms with Gasteiger partial charge < -0.3 is 0 Å². The van der Waals surface area contributed by atoms with Crippen LogP contribution >= 0.6 is 0 Å². The quantitative estimate of drug-likeness (QED) is 0.374. The van der Waals surface area contributed by atoms with Crippen molar-refractivity contribution in [1.29, 1.82) is 0 Å². The van der Waals surface area contributed by atoms with E-state index >= 15 is 0 Å². The number of rotatable bonds is 0. The van der Waals surface area contributed by atoms with Crippen molar-refractivity contribution in [2.24, 2.45) is 0 Å². The van der Waals surface area contributed by atoms with Gasteiger partial charge in [-0.2, -0.15) is 0 Å². The Morgan fingerprint density at radius 1 is 1.00 bits per heavy atom. The molecule has 0 aliphatic rings. The van der Waals surface area contributed by atoms with Crippen LogP contribution < -0.4 is 0 Å². The van der Waals surface area contributed by atoms with Crippen molar-refractivity contribution >= 4 is 45.6 Å². The van der Waals surface area contributed by atoms with E-state index < -0.39 is 0 Å². The van der Waals surface area contributed by atoms with E-state index in [9.17, 15) is 0 Å². The molecule has 0 fully saturated rings. The van der Waals surface area contributed by atoms with Crippen molar-refractivity contribution in [3.05, 3.63) is 0 Å². The zero-order chi connectivity index (χ0) is 0. The maximum Gasteiger partial charge on any atom is 0 e. The van der Waals surface area contributed by atoms with Crippen molar-refractivity contribution in [3.63, 3.8) is 0 Å². The van der Waals surface area contributed by atoms with E-state index in [1.165, 1.54) is 0 Å². The molecule has 0 saturated heterocycles. The standard InChI is InChI=1S/Ga.Hf.In.Zn.6H. The summed E-state index contributed by atoms with van der Waals surface area (Å²) in [6.45, 7) is 0. The van der Waals surface area contributed by atoms with Crippen molar-refractivity contribution < 1.29 is 45.3 Å². The summed E-state index contributed by atoms with van der Waals surface area (Å²) in [5.41, 5.74) is 0. The molecule has 0 radical (unpaired) electrons. The van der Waals surface area contributed by atoms with E-state index in [1.54, 1.807) is 0 Å². The first-order valence-electron chi connectivity index (χ1n) is 0. The van der Waals surface area contributed by atoms with Gasteiger partial charge in [-0.15, -0.1) is 0 Å². The van der Waals surface area contributed by atoms with Crippen LogP contribution in [0.15, 0.2) is 0 Å². The summed E-state index contributed by atoms with van der Waals surface area (Å²) in [4.78, 5) is 0. The molecule has 0 amide bonds. The Kier molecular flexibility index (Phi) is 117. The predicted octanol–water partition coefficient (Wildman–Crippen LogP) is -2.37. The van der Waals surface area contributed by atoms with Crippen LogP contribution in [0.25, 0.3) is 0 Å². The first-order chi connectivity index (χ1) is 0. The third-order valence-corrected chi connectivity index (χ3v) is 0. The molecular formula is H6GaHfInZn. The maximum atomic E-state index is 0. The van der Waals surface area contributed by atoms with Crippen molar-refractivity contribution in [3.8, 4) is 0 Å². The van der Waals surface area contributed by atoms with E-state index in [0.29, 0.717) is 0 Å². The largest absolute Gasteiger partial charge is 0 e. The molecule has 18 valence electrons. The monoisotopic (exact) mass is 434 g/mol. The van der Waals surface area contributed by atoms with E-state index in [-0.39, 0.29) is 91.0 Å². The SMILES string of the molecule is [GaH3].[Hf].[InH3].[Zn]. The number of hydrogen-bond donors (Lipinski definition) is 0. The van der Waals surface area contributed by atoms with Crippen LogP contribution in [-0.2, 0) is 45.3 Å². The fourth-order valence-electron chi connectivity index (χ4n) is 0. The second-order valence-electron chi connectivity index (χ2n) is 0. The first-order valence-corrected chi connectivity index (χ1v) is 0. The average molecular weight is 434 g/mol. The van der Waals surface area contributed by atoms with Crippen LogP contribution in [0.4, 0.5) is 0 Å². The summed E-state index contributed by atoms with van der Waals surface area (Å²) < 4.78 is 0. The van der Waals surface area contributed by atoms with Gasteiger partial charge in [0.05, 0.1) is 0 Å². The Morgan fingerprint density at radius 3 is 1.00 bits per heavy atom. The molecule has 0 rings (SSSR count). The van der Waals surface area contributed by atoms with Crippen LogP contribution in [0.1, 0.15) is 0 Å². The summed E-state index contributed by atoms with van der Waals surface area (Å²) in [5.74, 6) is 0. The van der Waals surface area contributed by atoms with Crippen LogP contribution in [0, 0.1) is 0 Å². The topological polar surface area (TPSA) is 0 Å². The third-order valence-electron chi connectivity index (χ3n) is 0. The van der Waals surface area contributed by atoms with Gasteiger partial charge in [0.15, 0.2) is 0 Å². The molecule has 0 N–H and O–H groups in total. The van der Waals surface area contributed by atoms with Crippen LogP contribution in [0.2, 0.25) is 0 Å². The maximum absolute atomic E-state index is 0. The molecule has 0 aromatic rings. The fraction of sp³-hybridized carbons (Fsp3) is 0. The van der Waals surface area contributed by atoms with Gasteiger partial charge in [0.25, 0.3) is 0 Å². The molecule has 0 unspecified atom stereocenters. The number of hydrogen-bond acceptors (Lipinski definition) is 0. The normalized spacial score (nSPS) is 0. The van der Waals surface area contributed by atoms with Crippen LogP contribution in [0.3, 0.4) is 0 Å². The molecule has 0 aliphatic heterocycles. The van der Waals surface area contributed by atoms with E-state index in [2.05, 4.69) is 0 Å². The zero-order valence-corrected chi connectivity index (χ0v) is 7.77. The van der Waals surface area contributed by atoms with E-state index in [1.807, 2.05) is 0 Å². The molecule has 0 spiro atoms. The zero-order valence-electron chi connectivity index (χ0n) is 1.21. The van der Waals surface area contributed by atoms with Gasteiger partial charge in [0, 0.05) is 45.3 Å². The van der Waals surface area contributed by atoms with Gasteiger partial charge in [-0.1, -0.05) is 0 Å². The van der Waals surface area contributed by atoms with Gasteiger partial charge in [0.2, 0.25) is 0 Å². The second-order valence-corrected chi connectivity index (χ2v) is 0. The minimum absolute atomic E-state index is 0. The van der Waals surface area contributed by atoms with Gasteiger partial charge in [0.1, 0.15) is 0 Å². The summed E-state index contributed by atoms with van der Waals surface area (Å²) >= 11 is 0. The molecule has 0 atom stereocenters. The summed E-state index contributed by atoms with van der Waals surface area (Å²) in [6.07, 6.45) is 0. The average Bonchev–Trinajstić information content (AvgIpc) is 0. The van der Waals surface area contributed by atoms with Gasteiger partial charge in [-0.3, -0.25) is 0 Å².